The van der Waals surface area contributed by atoms with E-state index < -0.39 is 0 Å². The minimum absolute atomic E-state index is 0.685. The van der Waals surface area contributed by atoms with Crippen molar-refractivity contribution >= 4 is 0 Å². The van der Waals surface area contributed by atoms with E-state index in [4.69, 9.17) is 10.5 Å². The summed E-state index contributed by atoms with van der Waals surface area (Å²) in [6, 6.07) is 0. The number of nitrogens with zero attached hydrogens (tertiary/aromatic N) is 3. The molecular weight excluding hydrogens is 204 g/mol. The Morgan fingerprint density at radius 3 is 2.81 bits per heavy atom. The molecule has 5 nitrogen and oxygen atoms in total. The van der Waals surface area contributed by atoms with E-state index in [-0.39, 0.29) is 0 Å². The van der Waals surface area contributed by atoms with Crippen LogP contribution in [0.3, 0.4) is 0 Å². The Labute approximate surface area is 97.2 Å². The van der Waals surface area contributed by atoms with Crippen molar-refractivity contribution in [3.8, 4) is 0 Å². The molecule has 92 valence electrons. The zero-order valence-corrected chi connectivity index (χ0v) is 10.2. The van der Waals surface area contributed by atoms with E-state index in [1.807, 2.05) is 19.4 Å². The summed E-state index contributed by atoms with van der Waals surface area (Å²) < 4.78 is 7.13. The van der Waals surface area contributed by atoms with Crippen LogP contribution in [0.5, 0.6) is 0 Å². The van der Waals surface area contributed by atoms with Gasteiger partial charge < -0.3 is 15.0 Å². The molecule has 0 radical (unpaired) electrons. The van der Waals surface area contributed by atoms with Gasteiger partial charge in [0.1, 0.15) is 5.82 Å². The number of aryl methyl sites for hydroxylation is 1. The van der Waals surface area contributed by atoms with E-state index in [9.17, 15) is 0 Å². The standard InChI is InChI=1S/C11H22N4O/c1-14-8-5-13-11(14)3-6-15(7-4-12)9-10-16-2/h5,8H,3-4,6-7,9-10,12H2,1-2H3. The number of hydrogen-bond donors (Lipinski definition) is 1. The van der Waals surface area contributed by atoms with Gasteiger partial charge in [0.15, 0.2) is 0 Å². The average Bonchev–Trinajstić information content (AvgIpc) is 2.68. The van der Waals surface area contributed by atoms with Crippen LogP contribution >= 0.6 is 0 Å². The quantitative estimate of drug-likeness (QED) is 0.671. The summed E-state index contributed by atoms with van der Waals surface area (Å²) in [5, 5.41) is 0. The lowest BCUT2D eigenvalue weighted by molar-refractivity contribution is 0.149. The Morgan fingerprint density at radius 1 is 1.44 bits per heavy atom. The van der Waals surface area contributed by atoms with E-state index >= 15 is 0 Å². The molecular formula is C11H22N4O. The molecule has 1 aromatic heterocycles. The zero-order valence-electron chi connectivity index (χ0n) is 10.2. The van der Waals surface area contributed by atoms with E-state index in [2.05, 4.69) is 14.5 Å². The molecule has 0 atom stereocenters. The van der Waals surface area contributed by atoms with Crippen LogP contribution in [0.4, 0.5) is 0 Å². The molecule has 1 rings (SSSR count). The summed E-state index contributed by atoms with van der Waals surface area (Å²) in [6.45, 7) is 4.25. The first-order valence-corrected chi connectivity index (χ1v) is 5.65. The van der Waals surface area contributed by atoms with Crippen molar-refractivity contribution in [1.29, 1.82) is 0 Å². The molecule has 0 fully saturated rings. The number of nitrogens with two attached hydrogens (primary N) is 1. The molecule has 0 aliphatic rings. The van der Waals surface area contributed by atoms with Gasteiger partial charge in [0.25, 0.3) is 0 Å². The van der Waals surface area contributed by atoms with Gasteiger partial charge in [-0.25, -0.2) is 4.98 Å². The number of imidazole rings is 1. The predicted molar refractivity (Wildman–Crippen MR) is 64.3 cm³/mol. The Hall–Kier alpha value is -0.910. The highest BCUT2D eigenvalue weighted by molar-refractivity contribution is 4.91. The number of rotatable bonds is 8. The van der Waals surface area contributed by atoms with E-state index in [0.29, 0.717) is 6.54 Å². The molecule has 2 N–H and O–H groups in total. The second-order valence-electron chi connectivity index (χ2n) is 3.83. The highest BCUT2D eigenvalue weighted by Crippen LogP contribution is 1.98. The van der Waals surface area contributed by atoms with Crippen LogP contribution in [0.15, 0.2) is 12.4 Å². The molecule has 0 unspecified atom stereocenters. The minimum Gasteiger partial charge on any atom is -0.383 e. The Morgan fingerprint density at radius 2 is 2.25 bits per heavy atom. The van der Waals surface area contributed by atoms with Gasteiger partial charge in [-0.15, -0.1) is 0 Å². The Kier molecular flexibility index (Phi) is 6.07. The van der Waals surface area contributed by atoms with Crippen LogP contribution in [0, 0.1) is 0 Å². The second-order valence-corrected chi connectivity index (χ2v) is 3.83. The first kappa shape index (κ1) is 13.2. The molecule has 16 heavy (non-hydrogen) atoms. The fourth-order valence-electron chi connectivity index (χ4n) is 1.63. The zero-order chi connectivity index (χ0) is 11.8. The topological polar surface area (TPSA) is 56.3 Å². The number of methoxy groups -OCH3 is 1. The van der Waals surface area contributed by atoms with Crippen molar-refractivity contribution in [2.24, 2.45) is 12.8 Å². The van der Waals surface area contributed by atoms with Crippen LogP contribution in [0.2, 0.25) is 0 Å². The number of ether oxygens (including phenoxy) is 1. The number of hydrogen-bond acceptors (Lipinski definition) is 4. The van der Waals surface area contributed by atoms with Crippen molar-refractivity contribution in [2.75, 3.05) is 39.9 Å². The van der Waals surface area contributed by atoms with Crippen molar-refractivity contribution in [3.63, 3.8) is 0 Å². The first-order valence-electron chi connectivity index (χ1n) is 5.65. The lowest BCUT2D eigenvalue weighted by Gasteiger charge is -2.20. The van der Waals surface area contributed by atoms with Gasteiger partial charge >= 0.3 is 0 Å². The van der Waals surface area contributed by atoms with Gasteiger partial charge in [-0.3, -0.25) is 4.90 Å². The van der Waals surface area contributed by atoms with Crippen LogP contribution < -0.4 is 5.73 Å². The van der Waals surface area contributed by atoms with Gasteiger partial charge in [-0.2, -0.15) is 0 Å². The molecule has 0 aliphatic heterocycles. The SMILES string of the molecule is COCCN(CCN)CCc1nccn1C. The minimum atomic E-state index is 0.685. The maximum Gasteiger partial charge on any atom is 0.109 e. The van der Waals surface area contributed by atoms with Crippen molar-refractivity contribution < 1.29 is 4.74 Å². The predicted octanol–water partition coefficient (Wildman–Crippen LogP) is -0.130. The molecule has 1 heterocycles. The summed E-state index contributed by atoms with van der Waals surface area (Å²) in [5.74, 6) is 1.11. The largest absolute Gasteiger partial charge is 0.383 e. The van der Waals surface area contributed by atoms with Crippen molar-refractivity contribution in [3.05, 3.63) is 18.2 Å². The fourth-order valence-corrected chi connectivity index (χ4v) is 1.63. The van der Waals surface area contributed by atoms with E-state index in [1.165, 1.54) is 0 Å². The molecule has 0 aliphatic carbocycles. The molecule has 0 saturated carbocycles. The molecule has 0 spiro atoms. The van der Waals surface area contributed by atoms with Crippen LogP contribution in [0.1, 0.15) is 5.82 Å². The smallest absolute Gasteiger partial charge is 0.109 e. The summed E-state index contributed by atoms with van der Waals surface area (Å²) in [4.78, 5) is 6.61. The third-order valence-corrected chi connectivity index (χ3v) is 2.63. The summed E-state index contributed by atoms with van der Waals surface area (Å²) >= 11 is 0. The Balaban J connectivity index is 2.34. The number of aromatic nitrogens is 2. The summed E-state index contributed by atoms with van der Waals surface area (Å²) in [5.41, 5.74) is 5.58. The molecule has 0 bridgehead atoms. The molecule has 0 aromatic carbocycles. The lowest BCUT2D eigenvalue weighted by Crippen LogP contribution is -2.34. The lowest BCUT2D eigenvalue weighted by atomic mass is 10.3. The highest BCUT2D eigenvalue weighted by atomic mass is 16.5. The first-order chi connectivity index (χ1) is 7.77. The van der Waals surface area contributed by atoms with Crippen molar-refractivity contribution in [1.82, 2.24) is 14.5 Å². The molecule has 0 saturated heterocycles. The van der Waals surface area contributed by atoms with Gasteiger partial charge in [-0.05, 0) is 0 Å². The van der Waals surface area contributed by atoms with Gasteiger partial charge in [-0.1, -0.05) is 0 Å². The average molecular weight is 226 g/mol. The second kappa shape index (κ2) is 7.38. The van der Waals surface area contributed by atoms with Gasteiger partial charge in [0.2, 0.25) is 0 Å². The van der Waals surface area contributed by atoms with E-state index in [0.717, 1.165) is 38.5 Å². The Bertz CT molecular complexity index is 287. The summed E-state index contributed by atoms with van der Waals surface area (Å²) in [7, 11) is 3.74. The summed E-state index contributed by atoms with van der Waals surface area (Å²) in [6.07, 6.45) is 4.75. The van der Waals surface area contributed by atoms with Crippen LogP contribution in [-0.4, -0.2) is 54.3 Å². The van der Waals surface area contributed by atoms with E-state index in [1.54, 1.807) is 7.11 Å². The maximum absolute atomic E-state index is 5.58. The fraction of sp³-hybridized carbons (Fsp3) is 0.727. The molecule has 1 aromatic rings. The monoisotopic (exact) mass is 226 g/mol. The third kappa shape index (κ3) is 4.30. The van der Waals surface area contributed by atoms with Gasteiger partial charge in [0.05, 0.1) is 6.61 Å². The molecule has 5 heteroatoms. The third-order valence-electron chi connectivity index (χ3n) is 2.63. The highest BCUT2D eigenvalue weighted by Gasteiger charge is 2.06. The van der Waals surface area contributed by atoms with Crippen LogP contribution in [0.25, 0.3) is 0 Å². The van der Waals surface area contributed by atoms with Crippen LogP contribution in [-0.2, 0) is 18.2 Å². The maximum atomic E-state index is 5.58. The van der Waals surface area contributed by atoms with Crippen molar-refractivity contribution in [2.45, 2.75) is 6.42 Å². The van der Waals surface area contributed by atoms with Gasteiger partial charge in [0, 0.05) is 59.2 Å². The normalized spacial score (nSPS) is 11.2. The molecule has 0 amide bonds.